The van der Waals surface area contributed by atoms with Crippen molar-refractivity contribution in [3.8, 4) is 11.5 Å². The van der Waals surface area contributed by atoms with E-state index in [1.807, 2.05) is 6.07 Å². The van der Waals surface area contributed by atoms with Gasteiger partial charge in [-0.1, -0.05) is 18.2 Å². The first-order valence-electron chi connectivity index (χ1n) is 8.60. The first kappa shape index (κ1) is 21.4. The Balaban J connectivity index is 1.79. The van der Waals surface area contributed by atoms with Crippen LogP contribution in [0.15, 0.2) is 47.6 Å². The molecule has 2 aromatic carbocycles. The molecule has 0 saturated heterocycles. The Morgan fingerprint density at radius 1 is 1.00 bits per heavy atom. The molecule has 2 rings (SSSR count). The average Bonchev–Trinajstić information content (AvgIpc) is 2.73. The monoisotopic (exact) mass is 399 g/mol. The highest BCUT2D eigenvalue weighted by molar-refractivity contribution is 6.35. The number of methoxy groups -OCH3 is 2. The zero-order valence-corrected chi connectivity index (χ0v) is 16.0. The Hall–Kier alpha value is -3.88. The first-order chi connectivity index (χ1) is 13.9. The van der Waals surface area contributed by atoms with Crippen LogP contribution in [-0.4, -0.2) is 49.9 Å². The smallest absolute Gasteiger partial charge is 0.335 e. The van der Waals surface area contributed by atoms with Gasteiger partial charge in [-0.25, -0.2) is 10.2 Å². The predicted molar refractivity (Wildman–Crippen MR) is 105 cm³/mol. The van der Waals surface area contributed by atoms with Crippen molar-refractivity contribution in [3.05, 3.63) is 59.2 Å². The maximum absolute atomic E-state index is 11.8. The second kappa shape index (κ2) is 10.5. The van der Waals surface area contributed by atoms with Gasteiger partial charge in [0.1, 0.15) is 0 Å². The number of aromatic carboxylic acids is 1. The van der Waals surface area contributed by atoms with Gasteiger partial charge in [0.25, 0.3) is 0 Å². The molecule has 9 nitrogen and oxygen atoms in total. The number of hydrogen-bond acceptors (Lipinski definition) is 6. The SMILES string of the molecule is COc1ccc(CCNC(=O)C(=O)NN=Cc2ccc(C(=O)O)cc2)cc1OC. The number of ether oxygens (including phenoxy) is 2. The van der Waals surface area contributed by atoms with E-state index in [9.17, 15) is 14.4 Å². The summed E-state index contributed by atoms with van der Waals surface area (Å²) < 4.78 is 10.4. The van der Waals surface area contributed by atoms with Gasteiger partial charge in [-0.15, -0.1) is 0 Å². The third-order valence-electron chi connectivity index (χ3n) is 3.89. The quantitative estimate of drug-likeness (QED) is 0.348. The van der Waals surface area contributed by atoms with Crippen molar-refractivity contribution < 1.29 is 29.0 Å². The summed E-state index contributed by atoms with van der Waals surface area (Å²) in [5, 5.41) is 15.0. The van der Waals surface area contributed by atoms with Crippen molar-refractivity contribution >= 4 is 24.0 Å². The maximum Gasteiger partial charge on any atom is 0.335 e. The normalized spacial score (nSPS) is 10.4. The van der Waals surface area contributed by atoms with Crippen LogP contribution >= 0.6 is 0 Å². The van der Waals surface area contributed by atoms with E-state index in [1.54, 1.807) is 19.2 Å². The molecule has 0 fully saturated rings. The summed E-state index contributed by atoms with van der Waals surface area (Å²) in [6, 6.07) is 11.3. The van der Waals surface area contributed by atoms with Crippen LogP contribution < -0.4 is 20.2 Å². The average molecular weight is 399 g/mol. The molecule has 0 spiro atoms. The van der Waals surface area contributed by atoms with Crippen molar-refractivity contribution in [2.75, 3.05) is 20.8 Å². The summed E-state index contributed by atoms with van der Waals surface area (Å²) in [6.45, 7) is 0.252. The molecule has 3 N–H and O–H groups in total. The lowest BCUT2D eigenvalue weighted by atomic mass is 10.1. The third-order valence-corrected chi connectivity index (χ3v) is 3.89. The Bertz CT molecular complexity index is 909. The molecule has 0 aromatic heterocycles. The molecular formula is C20H21N3O6. The highest BCUT2D eigenvalue weighted by atomic mass is 16.5. The van der Waals surface area contributed by atoms with E-state index in [4.69, 9.17) is 14.6 Å². The second-order valence-electron chi connectivity index (χ2n) is 5.82. The number of carboxylic acid groups (broad SMARTS) is 1. The summed E-state index contributed by atoms with van der Waals surface area (Å²) >= 11 is 0. The van der Waals surface area contributed by atoms with Gasteiger partial charge >= 0.3 is 17.8 Å². The minimum Gasteiger partial charge on any atom is -0.493 e. The molecule has 0 heterocycles. The summed E-state index contributed by atoms with van der Waals surface area (Å²) in [5.41, 5.74) is 3.74. The van der Waals surface area contributed by atoms with Crippen molar-refractivity contribution in [1.82, 2.24) is 10.7 Å². The summed E-state index contributed by atoms with van der Waals surface area (Å²) in [7, 11) is 3.08. The van der Waals surface area contributed by atoms with Crippen molar-refractivity contribution in [1.29, 1.82) is 0 Å². The van der Waals surface area contributed by atoms with Gasteiger partial charge in [-0.2, -0.15) is 5.10 Å². The minimum absolute atomic E-state index is 0.139. The number of carbonyl (C=O) groups is 3. The van der Waals surface area contributed by atoms with Gasteiger partial charge < -0.3 is 19.9 Å². The molecule has 0 bridgehead atoms. The number of hydrazone groups is 1. The van der Waals surface area contributed by atoms with Crippen LogP contribution in [0.4, 0.5) is 0 Å². The van der Waals surface area contributed by atoms with E-state index in [2.05, 4.69) is 15.8 Å². The van der Waals surface area contributed by atoms with Crippen LogP contribution in [0.5, 0.6) is 11.5 Å². The van der Waals surface area contributed by atoms with E-state index in [1.165, 1.54) is 37.6 Å². The molecule has 0 unspecified atom stereocenters. The lowest BCUT2D eigenvalue weighted by molar-refractivity contribution is -0.139. The van der Waals surface area contributed by atoms with Gasteiger partial charge in [0.15, 0.2) is 11.5 Å². The summed E-state index contributed by atoms with van der Waals surface area (Å²) in [6.07, 6.45) is 1.80. The van der Waals surface area contributed by atoms with Crippen LogP contribution in [0.25, 0.3) is 0 Å². The van der Waals surface area contributed by atoms with Gasteiger partial charge in [0.2, 0.25) is 0 Å². The molecule has 2 amide bonds. The van der Waals surface area contributed by atoms with Crippen LogP contribution in [0.1, 0.15) is 21.5 Å². The molecular weight excluding hydrogens is 378 g/mol. The van der Waals surface area contributed by atoms with Crippen LogP contribution in [-0.2, 0) is 16.0 Å². The Morgan fingerprint density at radius 2 is 1.69 bits per heavy atom. The minimum atomic E-state index is -1.04. The van der Waals surface area contributed by atoms with Gasteiger partial charge in [-0.3, -0.25) is 9.59 Å². The van der Waals surface area contributed by atoms with Crippen molar-refractivity contribution in [2.45, 2.75) is 6.42 Å². The second-order valence-corrected chi connectivity index (χ2v) is 5.82. The number of benzene rings is 2. The van der Waals surface area contributed by atoms with E-state index in [0.29, 0.717) is 23.5 Å². The topological polar surface area (TPSA) is 126 Å². The first-order valence-corrected chi connectivity index (χ1v) is 8.60. The Labute approximate surface area is 167 Å². The molecule has 29 heavy (non-hydrogen) atoms. The maximum atomic E-state index is 11.8. The predicted octanol–water partition coefficient (Wildman–Crippen LogP) is 1.21. The number of nitrogens with one attached hydrogen (secondary N) is 2. The Morgan fingerprint density at radius 3 is 2.31 bits per heavy atom. The van der Waals surface area contributed by atoms with Gasteiger partial charge in [0.05, 0.1) is 26.0 Å². The molecule has 0 aliphatic carbocycles. The van der Waals surface area contributed by atoms with Crippen molar-refractivity contribution in [3.63, 3.8) is 0 Å². The number of rotatable bonds is 8. The molecule has 2 aromatic rings. The molecule has 0 aliphatic heterocycles. The Kier molecular flexibility index (Phi) is 7.72. The molecule has 0 atom stereocenters. The van der Waals surface area contributed by atoms with Crippen molar-refractivity contribution in [2.24, 2.45) is 5.10 Å². The fraction of sp³-hybridized carbons (Fsp3) is 0.200. The van der Waals surface area contributed by atoms with Crippen LogP contribution in [0.3, 0.4) is 0 Å². The fourth-order valence-electron chi connectivity index (χ4n) is 2.36. The van der Waals surface area contributed by atoms with Crippen LogP contribution in [0, 0.1) is 0 Å². The number of hydrogen-bond donors (Lipinski definition) is 3. The lowest BCUT2D eigenvalue weighted by Gasteiger charge is -2.10. The molecule has 9 heteroatoms. The number of carboxylic acids is 1. The summed E-state index contributed by atoms with van der Waals surface area (Å²) in [5.74, 6) is -1.57. The standard InChI is InChI=1S/C20H21N3O6/c1-28-16-8-5-13(11-17(16)29-2)9-10-21-18(24)19(25)23-22-12-14-3-6-15(7-4-14)20(26)27/h3-8,11-12H,9-10H2,1-2H3,(H,21,24)(H,23,25)(H,26,27). The molecule has 0 radical (unpaired) electrons. The molecule has 152 valence electrons. The molecule has 0 saturated carbocycles. The van der Waals surface area contributed by atoms with Crippen LogP contribution in [0.2, 0.25) is 0 Å². The van der Waals surface area contributed by atoms with Gasteiger partial charge in [-0.05, 0) is 41.8 Å². The third kappa shape index (κ3) is 6.35. The van der Waals surface area contributed by atoms with E-state index >= 15 is 0 Å². The number of amides is 2. The van der Waals surface area contributed by atoms with E-state index in [-0.39, 0.29) is 12.1 Å². The zero-order valence-electron chi connectivity index (χ0n) is 16.0. The van der Waals surface area contributed by atoms with Gasteiger partial charge in [0, 0.05) is 6.54 Å². The number of carbonyl (C=O) groups excluding carboxylic acids is 2. The highest BCUT2D eigenvalue weighted by Gasteiger charge is 2.12. The largest absolute Gasteiger partial charge is 0.493 e. The highest BCUT2D eigenvalue weighted by Crippen LogP contribution is 2.27. The summed E-state index contributed by atoms with van der Waals surface area (Å²) in [4.78, 5) is 34.3. The molecule has 0 aliphatic rings. The van der Waals surface area contributed by atoms with E-state index in [0.717, 1.165) is 5.56 Å². The van der Waals surface area contributed by atoms with E-state index < -0.39 is 17.8 Å². The number of nitrogens with zero attached hydrogens (tertiary/aromatic N) is 1. The lowest BCUT2D eigenvalue weighted by Crippen LogP contribution is -2.38. The zero-order chi connectivity index (χ0) is 21.2. The fourth-order valence-corrected chi connectivity index (χ4v) is 2.36.